The summed E-state index contributed by atoms with van der Waals surface area (Å²) in [7, 11) is 0. The van der Waals surface area contributed by atoms with Gasteiger partial charge in [0.15, 0.2) is 4.67 Å². The lowest BCUT2D eigenvalue weighted by Gasteiger charge is -2.26. The Morgan fingerprint density at radius 1 is 1.73 bits per heavy atom. The number of halogens is 1. The van der Waals surface area contributed by atoms with Gasteiger partial charge in [0.25, 0.3) is 0 Å². The van der Waals surface area contributed by atoms with Crippen molar-refractivity contribution in [3.8, 4) is 0 Å². The Kier molecular flexibility index (Phi) is 1.77. The van der Waals surface area contributed by atoms with E-state index in [1.165, 1.54) is 12.0 Å². The van der Waals surface area contributed by atoms with Crippen LogP contribution < -0.4 is 5.32 Å². The van der Waals surface area contributed by atoms with Gasteiger partial charge in [0.05, 0.1) is 6.04 Å². The molecule has 1 N–H and O–H groups in total. The molecule has 1 atom stereocenters. The molecule has 60 valence electrons. The van der Waals surface area contributed by atoms with Crippen LogP contribution in [0.4, 0.5) is 0 Å². The summed E-state index contributed by atoms with van der Waals surface area (Å²) in [5.41, 5.74) is 1.23. The zero-order valence-corrected chi connectivity index (χ0v) is 7.94. The van der Waals surface area contributed by atoms with Crippen molar-refractivity contribution in [2.75, 3.05) is 6.54 Å². The summed E-state index contributed by atoms with van der Waals surface area (Å²) in [6.45, 7) is 3.19. The van der Waals surface area contributed by atoms with Gasteiger partial charge in [-0.1, -0.05) is 0 Å². The van der Waals surface area contributed by atoms with Gasteiger partial charge in [-0.3, -0.25) is 0 Å². The highest BCUT2D eigenvalue weighted by molar-refractivity contribution is 9.10. The van der Waals surface area contributed by atoms with E-state index in [2.05, 4.69) is 28.2 Å². The van der Waals surface area contributed by atoms with Crippen LogP contribution in [0.15, 0.2) is 15.2 Å². The summed E-state index contributed by atoms with van der Waals surface area (Å²) in [6.07, 6.45) is 1.20. The second kappa shape index (κ2) is 2.64. The lowest BCUT2D eigenvalue weighted by atomic mass is 10.0. The second-order valence-corrected chi connectivity index (χ2v) is 3.67. The van der Waals surface area contributed by atoms with Crippen molar-refractivity contribution in [1.29, 1.82) is 0 Å². The predicted octanol–water partition coefficient (Wildman–Crippen LogP) is 2.38. The Morgan fingerprint density at radius 3 is 2.82 bits per heavy atom. The third-order valence-corrected chi connectivity index (χ3v) is 2.46. The topological polar surface area (TPSA) is 25.2 Å². The second-order valence-electron chi connectivity index (χ2n) is 2.89. The van der Waals surface area contributed by atoms with Crippen LogP contribution in [-0.4, -0.2) is 6.54 Å². The van der Waals surface area contributed by atoms with Gasteiger partial charge >= 0.3 is 0 Å². The Hall–Kier alpha value is -0.280. The smallest absolute Gasteiger partial charge is 0.169 e. The molecule has 1 aliphatic rings. The summed E-state index contributed by atoms with van der Waals surface area (Å²) >= 11 is 3.31. The van der Waals surface area contributed by atoms with E-state index in [-0.39, 0.29) is 0 Å². The summed E-state index contributed by atoms with van der Waals surface area (Å²) < 4.78 is 6.30. The first kappa shape index (κ1) is 7.37. The van der Waals surface area contributed by atoms with E-state index in [1.807, 2.05) is 6.07 Å². The maximum atomic E-state index is 5.47. The Morgan fingerprint density at radius 2 is 2.45 bits per heavy atom. The van der Waals surface area contributed by atoms with E-state index >= 15 is 0 Å². The quantitative estimate of drug-likeness (QED) is 0.779. The van der Waals surface area contributed by atoms with Gasteiger partial charge < -0.3 is 9.73 Å². The van der Waals surface area contributed by atoms with Gasteiger partial charge in [-0.05, 0) is 47.4 Å². The van der Waals surface area contributed by atoms with Crippen molar-refractivity contribution in [3.05, 3.63) is 22.1 Å². The van der Waals surface area contributed by atoms with Crippen LogP contribution in [0.25, 0.3) is 0 Å². The summed E-state index contributed by atoms with van der Waals surface area (Å²) in [4.78, 5) is 0. The first-order valence-electron chi connectivity index (χ1n) is 3.76. The molecule has 0 spiro atoms. The number of furan rings is 1. The van der Waals surface area contributed by atoms with Gasteiger partial charge in [0.1, 0.15) is 5.76 Å². The monoisotopic (exact) mass is 215 g/mol. The fourth-order valence-electron chi connectivity index (χ4n) is 1.31. The standard InChI is InChI=1S/C8H10BrNO/c1-5-4-7(9)11-8(5)6-2-3-10-6/h4,6,10H,2-3H2,1H3. The molecular formula is C8H10BrNO. The van der Waals surface area contributed by atoms with Crippen molar-refractivity contribution in [2.45, 2.75) is 19.4 Å². The van der Waals surface area contributed by atoms with Crippen molar-refractivity contribution in [2.24, 2.45) is 0 Å². The van der Waals surface area contributed by atoms with Crippen molar-refractivity contribution < 1.29 is 4.42 Å². The molecular weight excluding hydrogens is 206 g/mol. The highest BCUT2D eigenvalue weighted by atomic mass is 79.9. The molecule has 0 aromatic carbocycles. The molecule has 1 aromatic rings. The minimum atomic E-state index is 0.460. The van der Waals surface area contributed by atoms with Gasteiger partial charge in [-0.15, -0.1) is 0 Å². The molecule has 11 heavy (non-hydrogen) atoms. The van der Waals surface area contributed by atoms with Crippen LogP contribution in [0.5, 0.6) is 0 Å². The summed E-state index contributed by atoms with van der Waals surface area (Å²) in [6, 6.07) is 2.47. The molecule has 0 aliphatic carbocycles. The number of hydrogen-bond acceptors (Lipinski definition) is 2. The van der Waals surface area contributed by atoms with E-state index in [1.54, 1.807) is 0 Å². The predicted molar refractivity (Wildman–Crippen MR) is 46.5 cm³/mol. The molecule has 1 saturated heterocycles. The lowest BCUT2D eigenvalue weighted by Crippen LogP contribution is -2.34. The van der Waals surface area contributed by atoms with E-state index in [4.69, 9.17) is 4.42 Å². The van der Waals surface area contributed by atoms with E-state index in [0.717, 1.165) is 17.0 Å². The van der Waals surface area contributed by atoms with E-state index in [9.17, 15) is 0 Å². The molecule has 0 radical (unpaired) electrons. The molecule has 2 rings (SSSR count). The molecule has 3 heteroatoms. The largest absolute Gasteiger partial charge is 0.452 e. The first-order chi connectivity index (χ1) is 5.27. The third-order valence-electron chi connectivity index (χ3n) is 2.07. The summed E-state index contributed by atoms with van der Waals surface area (Å²) in [5, 5.41) is 3.30. The highest BCUT2D eigenvalue weighted by Gasteiger charge is 2.23. The van der Waals surface area contributed by atoms with Crippen LogP contribution in [-0.2, 0) is 0 Å². The van der Waals surface area contributed by atoms with Gasteiger partial charge in [0.2, 0.25) is 0 Å². The number of nitrogens with one attached hydrogen (secondary N) is 1. The normalized spacial score (nSPS) is 23.3. The molecule has 1 fully saturated rings. The van der Waals surface area contributed by atoms with Gasteiger partial charge in [0, 0.05) is 0 Å². The maximum absolute atomic E-state index is 5.47. The molecule has 0 amide bonds. The fraction of sp³-hybridized carbons (Fsp3) is 0.500. The molecule has 1 unspecified atom stereocenters. The molecule has 0 saturated carbocycles. The molecule has 1 aliphatic heterocycles. The van der Waals surface area contributed by atoms with Gasteiger partial charge in [-0.25, -0.2) is 0 Å². The Labute approximate surface area is 74.1 Å². The van der Waals surface area contributed by atoms with E-state index in [0.29, 0.717) is 6.04 Å². The molecule has 2 heterocycles. The highest BCUT2D eigenvalue weighted by Crippen LogP contribution is 2.30. The zero-order valence-electron chi connectivity index (χ0n) is 6.36. The minimum absolute atomic E-state index is 0.460. The molecule has 2 nitrogen and oxygen atoms in total. The van der Waals surface area contributed by atoms with Crippen molar-refractivity contribution >= 4 is 15.9 Å². The average Bonchev–Trinajstić information content (AvgIpc) is 2.07. The van der Waals surface area contributed by atoms with Crippen LogP contribution >= 0.6 is 15.9 Å². The third kappa shape index (κ3) is 1.23. The maximum Gasteiger partial charge on any atom is 0.169 e. The Balaban J connectivity index is 2.28. The summed E-state index contributed by atoms with van der Waals surface area (Å²) in [5.74, 6) is 1.09. The van der Waals surface area contributed by atoms with Gasteiger partial charge in [-0.2, -0.15) is 0 Å². The average molecular weight is 216 g/mol. The van der Waals surface area contributed by atoms with Crippen LogP contribution in [0.1, 0.15) is 23.8 Å². The minimum Gasteiger partial charge on any atom is -0.452 e. The van der Waals surface area contributed by atoms with Crippen molar-refractivity contribution in [3.63, 3.8) is 0 Å². The fourth-order valence-corrected chi connectivity index (χ4v) is 1.83. The van der Waals surface area contributed by atoms with Crippen LogP contribution in [0, 0.1) is 6.92 Å². The van der Waals surface area contributed by atoms with Crippen molar-refractivity contribution in [1.82, 2.24) is 5.32 Å². The SMILES string of the molecule is Cc1cc(Br)oc1C1CCN1. The molecule has 0 bridgehead atoms. The van der Waals surface area contributed by atoms with E-state index < -0.39 is 0 Å². The lowest BCUT2D eigenvalue weighted by molar-refractivity contribution is 0.313. The number of aryl methyl sites for hydroxylation is 1. The molecule has 1 aromatic heterocycles. The van der Waals surface area contributed by atoms with Crippen LogP contribution in [0.3, 0.4) is 0 Å². The number of rotatable bonds is 1. The zero-order chi connectivity index (χ0) is 7.84. The number of hydrogen-bond donors (Lipinski definition) is 1. The Bertz CT molecular complexity index is 265. The van der Waals surface area contributed by atoms with Crippen LogP contribution in [0.2, 0.25) is 0 Å². The first-order valence-corrected chi connectivity index (χ1v) is 4.56.